The first kappa shape index (κ1) is 17.6. The van der Waals surface area contributed by atoms with Crippen molar-refractivity contribution in [2.45, 2.75) is 37.7 Å². The Morgan fingerprint density at radius 1 is 1.22 bits per heavy atom. The van der Waals surface area contributed by atoms with E-state index in [1.807, 2.05) is 13.8 Å². The number of carbonyl (C=O) groups excluding carboxylic acids is 1. The zero-order valence-corrected chi connectivity index (χ0v) is 14.6. The van der Waals surface area contributed by atoms with E-state index in [9.17, 15) is 9.90 Å². The molecule has 0 aliphatic heterocycles. The molecule has 1 amide bonds. The molecule has 0 aliphatic rings. The van der Waals surface area contributed by atoms with Gasteiger partial charge in [0.05, 0.1) is 6.54 Å². The molecule has 1 heterocycles. The Hall–Kier alpha value is -1.72. The van der Waals surface area contributed by atoms with Gasteiger partial charge in [-0.2, -0.15) is 0 Å². The number of carbonyl (C=O) groups is 1. The van der Waals surface area contributed by atoms with Crippen LogP contribution in [0.5, 0.6) is 0 Å². The molecule has 0 saturated carbocycles. The second kappa shape index (κ2) is 7.70. The molecule has 2 N–H and O–H groups in total. The number of rotatable bonds is 7. The van der Waals surface area contributed by atoms with Crippen LogP contribution in [-0.2, 0) is 10.4 Å². The van der Waals surface area contributed by atoms with Crippen molar-refractivity contribution in [2.24, 2.45) is 0 Å². The molecule has 0 radical (unpaired) electrons. The maximum Gasteiger partial charge on any atom is 0.220 e. The number of thioether (sulfide) groups is 1. The van der Waals surface area contributed by atoms with Crippen LogP contribution in [0.15, 0.2) is 45.7 Å². The van der Waals surface area contributed by atoms with Crippen molar-refractivity contribution in [1.82, 2.24) is 5.32 Å². The van der Waals surface area contributed by atoms with Crippen LogP contribution in [0.2, 0.25) is 0 Å². The predicted octanol–water partition coefficient (Wildman–Crippen LogP) is 3.40. The highest BCUT2D eigenvalue weighted by Gasteiger charge is 2.27. The third kappa shape index (κ3) is 5.44. The molecule has 0 aliphatic carbocycles. The van der Waals surface area contributed by atoms with Gasteiger partial charge in [0.1, 0.15) is 17.1 Å². The van der Waals surface area contributed by atoms with Crippen molar-refractivity contribution in [1.29, 1.82) is 0 Å². The Labute approximate surface area is 141 Å². The van der Waals surface area contributed by atoms with Gasteiger partial charge in [0, 0.05) is 17.1 Å². The van der Waals surface area contributed by atoms with Crippen LogP contribution in [0.3, 0.4) is 0 Å². The highest BCUT2D eigenvalue weighted by molar-refractivity contribution is 7.99. The van der Waals surface area contributed by atoms with Gasteiger partial charge < -0.3 is 14.8 Å². The van der Waals surface area contributed by atoms with Gasteiger partial charge in [0.15, 0.2) is 0 Å². The first-order valence-electron chi connectivity index (χ1n) is 7.62. The number of hydrogen-bond acceptors (Lipinski definition) is 4. The average molecular weight is 333 g/mol. The van der Waals surface area contributed by atoms with Crippen LogP contribution < -0.4 is 5.32 Å². The first-order valence-corrected chi connectivity index (χ1v) is 8.61. The average Bonchev–Trinajstić information content (AvgIpc) is 2.95. The van der Waals surface area contributed by atoms with Gasteiger partial charge in [-0.1, -0.05) is 17.7 Å². The second-order valence-corrected chi connectivity index (χ2v) is 7.04. The number of aliphatic hydroxyl groups is 1. The molecule has 2 rings (SSSR count). The molecule has 4 nitrogen and oxygen atoms in total. The van der Waals surface area contributed by atoms with E-state index in [0.29, 0.717) is 17.9 Å². The van der Waals surface area contributed by atoms with E-state index in [0.717, 1.165) is 10.7 Å². The minimum atomic E-state index is -1.20. The molecule has 0 bridgehead atoms. The van der Waals surface area contributed by atoms with Gasteiger partial charge >= 0.3 is 0 Å². The Bertz CT molecular complexity index is 647. The fourth-order valence-electron chi connectivity index (χ4n) is 2.07. The maximum atomic E-state index is 11.9. The Kier molecular flexibility index (Phi) is 5.91. The van der Waals surface area contributed by atoms with Crippen LogP contribution in [0.4, 0.5) is 0 Å². The Morgan fingerprint density at radius 3 is 2.52 bits per heavy atom. The van der Waals surface area contributed by atoms with E-state index in [4.69, 9.17) is 4.42 Å². The van der Waals surface area contributed by atoms with E-state index in [1.54, 1.807) is 30.8 Å². The standard InChI is InChI=1S/C18H23NO3S/c1-13-4-7-15(8-5-13)23-11-10-17(20)19-12-18(3,21)16-9-6-14(2)22-16/h4-9,21H,10-12H2,1-3H3,(H,19,20). The summed E-state index contributed by atoms with van der Waals surface area (Å²) in [6.07, 6.45) is 0.409. The molecule has 0 saturated heterocycles. The number of aryl methyl sites for hydroxylation is 2. The molecule has 0 spiro atoms. The van der Waals surface area contributed by atoms with E-state index in [2.05, 4.69) is 29.6 Å². The van der Waals surface area contributed by atoms with Crippen LogP contribution in [0.25, 0.3) is 0 Å². The van der Waals surface area contributed by atoms with Crippen LogP contribution in [0.1, 0.15) is 30.4 Å². The topological polar surface area (TPSA) is 62.5 Å². The summed E-state index contributed by atoms with van der Waals surface area (Å²) in [4.78, 5) is 13.1. The Morgan fingerprint density at radius 2 is 1.91 bits per heavy atom. The summed E-state index contributed by atoms with van der Waals surface area (Å²) in [5.74, 6) is 1.83. The van der Waals surface area contributed by atoms with Gasteiger partial charge in [-0.15, -0.1) is 11.8 Å². The molecule has 23 heavy (non-hydrogen) atoms. The van der Waals surface area contributed by atoms with E-state index < -0.39 is 5.60 Å². The van der Waals surface area contributed by atoms with Gasteiger partial charge in [0.25, 0.3) is 0 Å². The summed E-state index contributed by atoms with van der Waals surface area (Å²) in [6, 6.07) is 11.8. The van der Waals surface area contributed by atoms with E-state index in [-0.39, 0.29) is 12.5 Å². The summed E-state index contributed by atoms with van der Waals surface area (Å²) >= 11 is 1.65. The minimum absolute atomic E-state index is 0.0758. The smallest absolute Gasteiger partial charge is 0.220 e. The van der Waals surface area contributed by atoms with Gasteiger partial charge in [0.2, 0.25) is 5.91 Å². The molecule has 1 aromatic carbocycles. The lowest BCUT2D eigenvalue weighted by atomic mass is 10.0. The van der Waals surface area contributed by atoms with Crippen molar-refractivity contribution in [3.8, 4) is 0 Å². The third-order valence-corrected chi connectivity index (χ3v) is 4.53. The molecule has 0 fully saturated rings. The lowest BCUT2D eigenvalue weighted by Gasteiger charge is -2.21. The molecule has 2 aromatic rings. The second-order valence-electron chi connectivity index (χ2n) is 5.87. The summed E-state index contributed by atoms with van der Waals surface area (Å²) in [5.41, 5.74) is 0.0241. The largest absolute Gasteiger partial charge is 0.463 e. The highest BCUT2D eigenvalue weighted by atomic mass is 32.2. The SMILES string of the molecule is Cc1ccc(SCCC(=O)NCC(C)(O)c2ccc(C)o2)cc1. The maximum absolute atomic E-state index is 11.9. The molecule has 124 valence electrons. The summed E-state index contributed by atoms with van der Waals surface area (Å²) < 4.78 is 5.42. The summed E-state index contributed by atoms with van der Waals surface area (Å²) in [7, 11) is 0. The molecule has 1 unspecified atom stereocenters. The van der Waals surface area contributed by atoms with Crippen molar-refractivity contribution >= 4 is 17.7 Å². The predicted molar refractivity (Wildman–Crippen MR) is 92.5 cm³/mol. The highest BCUT2D eigenvalue weighted by Crippen LogP contribution is 2.22. The number of nitrogens with one attached hydrogen (secondary N) is 1. The van der Waals surface area contributed by atoms with E-state index >= 15 is 0 Å². The number of hydrogen-bond donors (Lipinski definition) is 2. The quantitative estimate of drug-likeness (QED) is 0.762. The van der Waals surface area contributed by atoms with Gasteiger partial charge in [-0.05, 0) is 45.0 Å². The van der Waals surface area contributed by atoms with Gasteiger partial charge in [-0.3, -0.25) is 4.79 Å². The van der Waals surface area contributed by atoms with Crippen LogP contribution >= 0.6 is 11.8 Å². The van der Waals surface area contributed by atoms with Crippen LogP contribution in [-0.4, -0.2) is 23.3 Å². The molecule has 1 aromatic heterocycles. The van der Waals surface area contributed by atoms with Crippen molar-refractivity contribution in [3.05, 3.63) is 53.5 Å². The van der Waals surface area contributed by atoms with E-state index in [1.165, 1.54) is 5.56 Å². The number of furan rings is 1. The number of benzene rings is 1. The summed E-state index contributed by atoms with van der Waals surface area (Å²) in [6.45, 7) is 5.63. The zero-order chi connectivity index (χ0) is 16.9. The van der Waals surface area contributed by atoms with Crippen molar-refractivity contribution in [3.63, 3.8) is 0 Å². The van der Waals surface area contributed by atoms with Crippen molar-refractivity contribution in [2.75, 3.05) is 12.3 Å². The first-order chi connectivity index (χ1) is 10.9. The zero-order valence-electron chi connectivity index (χ0n) is 13.8. The Balaban J connectivity index is 1.73. The molecule has 1 atom stereocenters. The van der Waals surface area contributed by atoms with Crippen LogP contribution in [0, 0.1) is 13.8 Å². The normalized spacial score (nSPS) is 13.6. The molecular formula is C18H23NO3S. The lowest BCUT2D eigenvalue weighted by molar-refractivity contribution is -0.122. The fourth-order valence-corrected chi connectivity index (χ4v) is 2.92. The molecular weight excluding hydrogens is 310 g/mol. The lowest BCUT2D eigenvalue weighted by Crippen LogP contribution is -2.38. The number of amides is 1. The van der Waals surface area contributed by atoms with Crippen molar-refractivity contribution < 1.29 is 14.3 Å². The monoisotopic (exact) mass is 333 g/mol. The summed E-state index contributed by atoms with van der Waals surface area (Å²) in [5, 5.41) is 13.1. The minimum Gasteiger partial charge on any atom is -0.463 e. The fraction of sp³-hybridized carbons (Fsp3) is 0.389. The van der Waals surface area contributed by atoms with Gasteiger partial charge in [-0.25, -0.2) is 0 Å². The molecule has 5 heteroatoms. The third-order valence-electron chi connectivity index (χ3n) is 3.52.